The summed E-state index contributed by atoms with van der Waals surface area (Å²) in [5.41, 5.74) is 3.46. The summed E-state index contributed by atoms with van der Waals surface area (Å²) in [6.45, 7) is 3.85. The van der Waals surface area contributed by atoms with Gasteiger partial charge in [-0.15, -0.1) is 0 Å². The Morgan fingerprint density at radius 1 is 0.781 bits per heavy atom. The fraction of sp³-hybridized carbons (Fsp3) is 0.310. The van der Waals surface area contributed by atoms with E-state index in [0.29, 0.717) is 34.9 Å². The van der Waals surface area contributed by atoms with Crippen molar-refractivity contribution >= 4 is 0 Å². The van der Waals surface area contributed by atoms with Crippen LogP contribution in [0.4, 0.5) is 13.2 Å². The predicted molar refractivity (Wildman–Crippen MR) is 126 cm³/mol. The summed E-state index contributed by atoms with van der Waals surface area (Å²) in [6.07, 6.45) is 9.31. The molecule has 0 unspecified atom stereocenters. The third-order valence-electron chi connectivity index (χ3n) is 6.75. The molecule has 32 heavy (non-hydrogen) atoms. The molecule has 166 valence electrons. The Balaban J connectivity index is 1.53. The van der Waals surface area contributed by atoms with E-state index in [1.807, 2.05) is 12.1 Å². The normalized spacial score (nSPS) is 18.9. The molecule has 0 amide bonds. The standard InChI is InChI=1S/C29H29F3/c1-3-5-19-6-8-21(9-7-19)24-15-16-25(27(30)18-24)22-10-12-23(13-11-22)26-17-14-20(4-2)28(31)29(26)32/h3,5,10-19,21H,4,6-9H2,1-2H3. The first-order chi connectivity index (χ1) is 15.5. The Morgan fingerprint density at radius 2 is 1.41 bits per heavy atom. The zero-order valence-electron chi connectivity index (χ0n) is 18.7. The lowest BCUT2D eigenvalue weighted by Crippen LogP contribution is -2.12. The van der Waals surface area contributed by atoms with Crippen LogP contribution in [0.2, 0.25) is 0 Å². The van der Waals surface area contributed by atoms with Crippen LogP contribution in [-0.2, 0) is 6.42 Å². The quantitative estimate of drug-likeness (QED) is 0.352. The average Bonchev–Trinajstić information content (AvgIpc) is 2.82. The van der Waals surface area contributed by atoms with E-state index in [4.69, 9.17) is 0 Å². The van der Waals surface area contributed by atoms with Crippen LogP contribution in [0.3, 0.4) is 0 Å². The van der Waals surface area contributed by atoms with Crippen LogP contribution < -0.4 is 0 Å². The zero-order chi connectivity index (χ0) is 22.7. The highest BCUT2D eigenvalue weighted by Crippen LogP contribution is 2.38. The zero-order valence-corrected chi connectivity index (χ0v) is 18.7. The number of aryl methyl sites for hydroxylation is 1. The van der Waals surface area contributed by atoms with Gasteiger partial charge in [-0.3, -0.25) is 0 Å². The van der Waals surface area contributed by atoms with Crippen LogP contribution >= 0.6 is 0 Å². The molecule has 3 heteroatoms. The highest BCUT2D eigenvalue weighted by molar-refractivity contribution is 5.71. The van der Waals surface area contributed by atoms with Gasteiger partial charge in [-0.1, -0.05) is 67.6 Å². The Labute approximate surface area is 188 Å². The molecule has 0 nitrogen and oxygen atoms in total. The van der Waals surface area contributed by atoms with E-state index in [9.17, 15) is 13.2 Å². The topological polar surface area (TPSA) is 0 Å². The molecule has 0 N–H and O–H groups in total. The highest BCUT2D eigenvalue weighted by atomic mass is 19.2. The second-order valence-electron chi connectivity index (χ2n) is 8.71. The van der Waals surface area contributed by atoms with Crippen molar-refractivity contribution in [1.82, 2.24) is 0 Å². The van der Waals surface area contributed by atoms with Crippen LogP contribution in [0.15, 0.2) is 66.7 Å². The van der Waals surface area contributed by atoms with E-state index in [-0.39, 0.29) is 11.4 Å². The molecule has 1 aliphatic carbocycles. The summed E-state index contributed by atoms with van der Waals surface area (Å²) < 4.78 is 43.6. The van der Waals surface area contributed by atoms with Gasteiger partial charge in [-0.2, -0.15) is 0 Å². The van der Waals surface area contributed by atoms with Gasteiger partial charge >= 0.3 is 0 Å². The van der Waals surface area contributed by atoms with Gasteiger partial charge in [0, 0.05) is 11.1 Å². The lowest BCUT2D eigenvalue weighted by atomic mass is 9.78. The largest absolute Gasteiger partial charge is 0.206 e. The van der Waals surface area contributed by atoms with E-state index in [1.165, 1.54) is 0 Å². The Kier molecular flexibility index (Phi) is 6.83. The van der Waals surface area contributed by atoms with Gasteiger partial charge in [-0.05, 0) is 79.2 Å². The number of allylic oxidation sites excluding steroid dienone is 2. The fourth-order valence-electron chi connectivity index (χ4n) is 4.85. The Morgan fingerprint density at radius 3 is 2.00 bits per heavy atom. The van der Waals surface area contributed by atoms with E-state index in [2.05, 4.69) is 19.1 Å². The lowest BCUT2D eigenvalue weighted by molar-refractivity contribution is 0.375. The molecule has 3 aromatic carbocycles. The van der Waals surface area contributed by atoms with Crippen molar-refractivity contribution in [2.45, 2.75) is 51.9 Å². The first-order valence-electron chi connectivity index (χ1n) is 11.5. The lowest BCUT2D eigenvalue weighted by Gasteiger charge is -2.27. The molecular weight excluding hydrogens is 405 g/mol. The van der Waals surface area contributed by atoms with Gasteiger partial charge in [0.2, 0.25) is 0 Å². The minimum absolute atomic E-state index is 0.218. The SMILES string of the molecule is CC=CC1CCC(c2ccc(-c3ccc(-c4ccc(CC)c(F)c4F)cc3)c(F)c2)CC1. The summed E-state index contributed by atoms with van der Waals surface area (Å²) in [7, 11) is 0. The van der Waals surface area contributed by atoms with Gasteiger partial charge in [0.15, 0.2) is 11.6 Å². The van der Waals surface area contributed by atoms with E-state index >= 15 is 0 Å². The van der Waals surface area contributed by atoms with Crippen molar-refractivity contribution in [3.8, 4) is 22.3 Å². The molecule has 1 aliphatic rings. The maximum atomic E-state index is 15.0. The maximum absolute atomic E-state index is 15.0. The van der Waals surface area contributed by atoms with Crippen LogP contribution in [0.5, 0.6) is 0 Å². The van der Waals surface area contributed by atoms with E-state index in [1.54, 1.807) is 49.4 Å². The molecule has 0 saturated heterocycles. The predicted octanol–water partition coefficient (Wildman–Crippen LogP) is 8.85. The van der Waals surface area contributed by atoms with Crippen LogP contribution in [0.1, 0.15) is 56.6 Å². The Bertz CT molecular complexity index is 1100. The summed E-state index contributed by atoms with van der Waals surface area (Å²) in [5.74, 6) is -0.815. The first kappa shape index (κ1) is 22.4. The molecule has 0 atom stereocenters. The number of halogens is 3. The van der Waals surface area contributed by atoms with Gasteiger partial charge in [0.1, 0.15) is 5.82 Å². The van der Waals surface area contributed by atoms with Crippen LogP contribution in [0.25, 0.3) is 22.3 Å². The number of hydrogen-bond acceptors (Lipinski definition) is 0. The molecule has 0 spiro atoms. The molecule has 1 fully saturated rings. The molecular formula is C29H29F3. The minimum atomic E-state index is -0.836. The molecule has 0 bridgehead atoms. The fourth-order valence-corrected chi connectivity index (χ4v) is 4.85. The third-order valence-corrected chi connectivity index (χ3v) is 6.75. The molecule has 0 aromatic heterocycles. The second-order valence-corrected chi connectivity index (χ2v) is 8.71. The van der Waals surface area contributed by atoms with Gasteiger partial charge < -0.3 is 0 Å². The van der Waals surface area contributed by atoms with Gasteiger partial charge in [0.05, 0.1) is 0 Å². The van der Waals surface area contributed by atoms with Crippen molar-refractivity contribution in [3.05, 3.63) is 95.3 Å². The molecule has 0 aliphatic heterocycles. The molecule has 1 saturated carbocycles. The minimum Gasteiger partial charge on any atom is -0.206 e. The summed E-state index contributed by atoms with van der Waals surface area (Å²) in [4.78, 5) is 0. The smallest absolute Gasteiger partial charge is 0.166 e. The van der Waals surface area contributed by atoms with Crippen LogP contribution in [0, 0.1) is 23.4 Å². The van der Waals surface area contributed by atoms with E-state index in [0.717, 1.165) is 36.8 Å². The van der Waals surface area contributed by atoms with Crippen LogP contribution in [-0.4, -0.2) is 0 Å². The monoisotopic (exact) mass is 434 g/mol. The Hall–Kier alpha value is -2.81. The molecule has 0 heterocycles. The van der Waals surface area contributed by atoms with Gasteiger partial charge in [0.25, 0.3) is 0 Å². The van der Waals surface area contributed by atoms with Crippen molar-refractivity contribution in [2.24, 2.45) is 5.92 Å². The van der Waals surface area contributed by atoms with Crippen molar-refractivity contribution < 1.29 is 13.2 Å². The maximum Gasteiger partial charge on any atom is 0.166 e. The average molecular weight is 435 g/mol. The van der Waals surface area contributed by atoms with Gasteiger partial charge in [-0.25, -0.2) is 13.2 Å². The summed E-state index contributed by atoms with van der Waals surface area (Å²) in [5, 5.41) is 0. The summed E-state index contributed by atoms with van der Waals surface area (Å²) in [6, 6.07) is 15.7. The number of benzene rings is 3. The first-order valence-corrected chi connectivity index (χ1v) is 11.5. The molecule has 4 rings (SSSR count). The number of hydrogen-bond donors (Lipinski definition) is 0. The molecule has 3 aromatic rings. The van der Waals surface area contributed by atoms with E-state index < -0.39 is 11.6 Å². The highest BCUT2D eigenvalue weighted by Gasteiger charge is 2.22. The molecule has 0 radical (unpaired) electrons. The van der Waals surface area contributed by atoms with Crippen molar-refractivity contribution in [1.29, 1.82) is 0 Å². The third kappa shape index (κ3) is 4.53. The second kappa shape index (κ2) is 9.77. The summed E-state index contributed by atoms with van der Waals surface area (Å²) >= 11 is 0. The van der Waals surface area contributed by atoms with Crippen molar-refractivity contribution in [3.63, 3.8) is 0 Å². The van der Waals surface area contributed by atoms with Crippen molar-refractivity contribution in [2.75, 3.05) is 0 Å². The number of rotatable bonds is 5.